The number of aromatic hydroxyl groups is 1. The first kappa shape index (κ1) is 27.1. The van der Waals surface area contributed by atoms with Gasteiger partial charge < -0.3 is 35.1 Å². The number of carbonyl (C=O) groups excluding carboxylic acids is 2. The number of ketones is 1. The fraction of sp³-hybridized carbons (Fsp3) is 0.423. The second-order valence-electron chi connectivity index (χ2n) is 8.70. The van der Waals surface area contributed by atoms with Crippen molar-refractivity contribution in [2.24, 2.45) is 5.92 Å². The van der Waals surface area contributed by atoms with Crippen molar-refractivity contribution in [1.29, 1.82) is 0 Å². The molecule has 2 heterocycles. The Labute approximate surface area is 209 Å². The smallest absolute Gasteiger partial charge is 0.342 e. The molecular formula is C26H33N3O7. The van der Waals surface area contributed by atoms with Gasteiger partial charge in [-0.05, 0) is 44.0 Å². The van der Waals surface area contributed by atoms with Gasteiger partial charge in [-0.15, -0.1) is 0 Å². The molecule has 194 valence electrons. The number of carbonyl (C=O) groups is 2. The molecule has 4 atom stereocenters. The first-order valence-corrected chi connectivity index (χ1v) is 11.9. The van der Waals surface area contributed by atoms with Gasteiger partial charge in [0, 0.05) is 24.4 Å². The maximum atomic E-state index is 12.9. The summed E-state index contributed by atoms with van der Waals surface area (Å²) in [4.78, 5) is 32.2. The average molecular weight is 500 g/mol. The molecule has 0 saturated heterocycles. The molecule has 0 saturated carbocycles. The number of fused-ring (bicyclic) bond motifs is 1. The molecule has 1 aromatic carbocycles. The second kappa shape index (κ2) is 13.0. The molecule has 0 aliphatic carbocycles. The summed E-state index contributed by atoms with van der Waals surface area (Å²) in [5, 5.41) is 34.2. The molecule has 1 aliphatic heterocycles. The van der Waals surface area contributed by atoms with Crippen LogP contribution in [0.3, 0.4) is 0 Å². The van der Waals surface area contributed by atoms with Crippen LogP contribution in [0.25, 0.3) is 6.08 Å². The number of H-pyrrole nitrogens is 1. The number of ether oxygens (including phenoxy) is 2. The second-order valence-corrected chi connectivity index (χ2v) is 8.70. The lowest BCUT2D eigenvalue weighted by Gasteiger charge is -2.20. The lowest BCUT2D eigenvalue weighted by atomic mass is 9.99. The highest BCUT2D eigenvalue weighted by Gasteiger charge is 2.25. The van der Waals surface area contributed by atoms with Crippen LogP contribution in [-0.4, -0.2) is 68.5 Å². The van der Waals surface area contributed by atoms with Gasteiger partial charge in [0.05, 0.1) is 19.3 Å². The van der Waals surface area contributed by atoms with Crippen LogP contribution in [0.1, 0.15) is 48.4 Å². The third-order valence-corrected chi connectivity index (χ3v) is 5.87. The van der Waals surface area contributed by atoms with Crippen molar-refractivity contribution >= 4 is 17.8 Å². The number of imidazole rings is 1. The number of aromatic amines is 1. The minimum atomic E-state index is -1.58. The van der Waals surface area contributed by atoms with Crippen LogP contribution >= 0.6 is 0 Å². The molecule has 10 nitrogen and oxygen atoms in total. The number of nitrogens with zero attached hydrogens (tertiary/aromatic N) is 1. The highest BCUT2D eigenvalue weighted by Crippen LogP contribution is 2.31. The van der Waals surface area contributed by atoms with Crippen LogP contribution in [0.15, 0.2) is 42.8 Å². The largest absolute Gasteiger partial charge is 0.507 e. The number of hydrogen-bond donors (Lipinski definition) is 5. The van der Waals surface area contributed by atoms with Gasteiger partial charge in [0.25, 0.3) is 0 Å². The molecule has 0 unspecified atom stereocenters. The van der Waals surface area contributed by atoms with Gasteiger partial charge in [0.15, 0.2) is 5.78 Å². The number of aromatic nitrogens is 2. The van der Waals surface area contributed by atoms with Crippen LogP contribution in [0, 0.1) is 5.92 Å². The van der Waals surface area contributed by atoms with E-state index in [2.05, 4.69) is 15.3 Å². The molecular weight excluding hydrogens is 466 g/mol. The average Bonchev–Trinajstić information content (AvgIpc) is 3.36. The van der Waals surface area contributed by atoms with E-state index in [1.807, 2.05) is 0 Å². The van der Waals surface area contributed by atoms with E-state index in [0.29, 0.717) is 37.4 Å². The van der Waals surface area contributed by atoms with Crippen molar-refractivity contribution in [3.05, 3.63) is 59.7 Å². The molecule has 36 heavy (non-hydrogen) atoms. The quantitative estimate of drug-likeness (QED) is 0.285. The first-order chi connectivity index (χ1) is 17.3. The standard InChI is InChI=1S/C26H33N3O7/c1-16-7-8-21(31)25(33)20(30)6-3-5-18-13-19(14-22(32)24(18)26(34)36-17(16)2)35-12-4-9-27-15-23-28-10-11-29-23/h3,5,7-8,10-11,13-14,16-17,20,25,27,30,32-33H,4,6,9,12,15H2,1-2H3,(H,28,29)/b5-3+,8-7-/t16-,17+,20+,25+/m1/s1. The van der Waals surface area contributed by atoms with Crippen molar-refractivity contribution in [3.8, 4) is 11.5 Å². The Kier molecular flexibility index (Phi) is 9.80. The molecule has 0 spiro atoms. The number of cyclic esters (lactones) is 1. The fourth-order valence-electron chi connectivity index (χ4n) is 3.54. The summed E-state index contributed by atoms with van der Waals surface area (Å²) in [5.74, 6) is -0.812. The summed E-state index contributed by atoms with van der Waals surface area (Å²) < 4.78 is 11.3. The molecule has 5 N–H and O–H groups in total. The Morgan fingerprint density at radius 2 is 2.03 bits per heavy atom. The first-order valence-electron chi connectivity index (χ1n) is 11.9. The molecule has 0 fully saturated rings. The van der Waals surface area contributed by atoms with Crippen LogP contribution in [-0.2, 0) is 16.1 Å². The lowest BCUT2D eigenvalue weighted by Crippen LogP contribution is -2.32. The number of hydrogen-bond acceptors (Lipinski definition) is 9. The van der Waals surface area contributed by atoms with Gasteiger partial charge in [-0.25, -0.2) is 9.78 Å². The normalized spacial score (nSPS) is 24.9. The Bertz CT molecular complexity index is 1080. The van der Waals surface area contributed by atoms with E-state index in [4.69, 9.17) is 9.47 Å². The summed E-state index contributed by atoms with van der Waals surface area (Å²) in [6.07, 6.45) is 6.29. The van der Waals surface area contributed by atoms with Crippen LogP contribution in [0.4, 0.5) is 0 Å². The summed E-state index contributed by atoms with van der Waals surface area (Å²) in [5.41, 5.74) is 0.288. The zero-order valence-electron chi connectivity index (χ0n) is 20.4. The minimum Gasteiger partial charge on any atom is -0.507 e. The molecule has 1 aromatic heterocycles. The van der Waals surface area contributed by atoms with Gasteiger partial charge in [-0.3, -0.25) is 4.79 Å². The van der Waals surface area contributed by atoms with Gasteiger partial charge in [-0.1, -0.05) is 25.2 Å². The van der Waals surface area contributed by atoms with Crippen molar-refractivity contribution in [2.45, 2.75) is 51.5 Å². The number of phenols is 1. The van der Waals surface area contributed by atoms with Crippen molar-refractivity contribution < 1.29 is 34.4 Å². The molecule has 0 bridgehead atoms. The molecule has 3 rings (SSSR count). The Balaban J connectivity index is 1.73. The van der Waals surface area contributed by atoms with Gasteiger partial charge in [0.2, 0.25) is 0 Å². The monoisotopic (exact) mass is 499 g/mol. The van der Waals surface area contributed by atoms with Crippen molar-refractivity contribution in [2.75, 3.05) is 13.2 Å². The maximum Gasteiger partial charge on any atom is 0.342 e. The number of esters is 1. The van der Waals surface area contributed by atoms with E-state index in [0.717, 1.165) is 5.82 Å². The van der Waals surface area contributed by atoms with E-state index < -0.39 is 30.1 Å². The molecule has 2 aromatic rings. The third-order valence-electron chi connectivity index (χ3n) is 5.87. The Morgan fingerprint density at radius 3 is 2.78 bits per heavy atom. The van der Waals surface area contributed by atoms with E-state index in [1.54, 1.807) is 32.3 Å². The van der Waals surface area contributed by atoms with Gasteiger partial charge >= 0.3 is 5.97 Å². The predicted molar refractivity (Wildman–Crippen MR) is 132 cm³/mol. The number of phenolic OH excluding ortho intramolecular Hbond substituents is 1. The Morgan fingerprint density at radius 1 is 1.22 bits per heavy atom. The van der Waals surface area contributed by atoms with E-state index >= 15 is 0 Å². The summed E-state index contributed by atoms with van der Waals surface area (Å²) in [6.45, 7) is 5.08. The summed E-state index contributed by atoms with van der Waals surface area (Å²) in [6, 6.07) is 2.95. The van der Waals surface area contributed by atoms with Crippen LogP contribution < -0.4 is 10.1 Å². The molecule has 1 aliphatic rings. The van der Waals surface area contributed by atoms with Crippen LogP contribution in [0.5, 0.6) is 11.5 Å². The van der Waals surface area contributed by atoms with Crippen molar-refractivity contribution in [3.63, 3.8) is 0 Å². The number of aliphatic hydroxyl groups excluding tert-OH is 2. The number of nitrogens with one attached hydrogen (secondary N) is 2. The summed E-state index contributed by atoms with van der Waals surface area (Å²) in [7, 11) is 0. The minimum absolute atomic E-state index is 0.0371. The maximum absolute atomic E-state index is 12.9. The van der Waals surface area contributed by atoms with Gasteiger partial charge in [-0.2, -0.15) is 0 Å². The van der Waals surface area contributed by atoms with E-state index in [-0.39, 0.29) is 23.7 Å². The van der Waals surface area contributed by atoms with Crippen molar-refractivity contribution in [1.82, 2.24) is 15.3 Å². The van der Waals surface area contributed by atoms with Crippen LogP contribution in [0.2, 0.25) is 0 Å². The zero-order valence-corrected chi connectivity index (χ0v) is 20.4. The summed E-state index contributed by atoms with van der Waals surface area (Å²) >= 11 is 0. The highest BCUT2D eigenvalue weighted by atomic mass is 16.5. The predicted octanol–water partition coefficient (Wildman–Crippen LogP) is 2.12. The van der Waals surface area contributed by atoms with E-state index in [9.17, 15) is 24.9 Å². The molecule has 10 heteroatoms. The van der Waals surface area contributed by atoms with Gasteiger partial charge in [0.1, 0.15) is 35.1 Å². The molecule has 0 radical (unpaired) electrons. The van der Waals surface area contributed by atoms with E-state index in [1.165, 1.54) is 30.4 Å². The Hall–Kier alpha value is -3.47. The fourth-order valence-corrected chi connectivity index (χ4v) is 3.54. The zero-order chi connectivity index (χ0) is 26.1. The topological polar surface area (TPSA) is 154 Å². The highest BCUT2D eigenvalue weighted by molar-refractivity contribution is 5.97. The number of aliphatic hydroxyl groups is 2. The molecule has 0 amide bonds. The number of rotatable bonds is 7. The third kappa shape index (κ3) is 7.51. The number of benzene rings is 1. The lowest BCUT2D eigenvalue weighted by molar-refractivity contribution is -0.127. The SMILES string of the molecule is C[C@@H]1/C=C\C(=O)[C@@H](O)[C@@H](O)C/C=C/c2cc(OCCCNCc3ncc[nH]3)cc(O)c2C(=O)O[C@H]1C.